The molecular weight excluding hydrogens is 266 g/mol. The third-order valence-corrected chi connectivity index (χ3v) is 3.71. The Morgan fingerprint density at radius 2 is 2.05 bits per heavy atom. The molecule has 1 heterocycles. The minimum Gasteiger partial charge on any atom is -0.338 e. The van der Waals surface area contributed by atoms with Crippen molar-refractivity contribution in [3.05, 3.63) is 53.1 Å². The number of amides is 1. The van der Waals surface area contributed by atoms with Crippen LogP contribution >= 0.6 is 0 Å². The molecular formula is C16H15N3O2. The fourth-order valence-electron chi connectivity index (χ4n) is 2.35. The number of imidazole rings is 1. The van der Waals surface area contributed by atoms with Gasteiger partial charge in [-0.2, -0.15) is 0 Å². The Bertz CT molecular complexity index is 837. The second kappa shape index (κ2) is 5.03. The largest absolute Gasteiger partial charge is 0.338 e. The number of H-pyrrole nitrogens is 1. The molecule has 3 aromatic rings. The third kappa shape index (κ3) is 2.28. The van der Waals surface area contributed by atoms with Crippen LogP contribution in [-0.4, -0.2) is 21.1 Å². The monoisotopic (exact) mass is 281 g/mol. The zero-order valence-electron chi connectivity index (χ0n) is 11.8. The molecule has 0 unspecified atom stereocenters. The molecule has 0 radical (unpaired) electrons. The van der Waals surface area contributed by atoms with Crippen molar-refractivity contribution >= 4 is 16.9 Å². The number of nitrogens with one attached hydrogen (secondary N) is 2. The first-order valence-electron chi connectivity index (χ1n) is 6.61. The summed E-state index contributed by atoms with van der Waals surface area (Å²) in [5.41, 5.74) is 6.95. The minimum absolute atomic E-state index is 0.376. The van der Waals surface area contributed by atoms with Gasteiger partial charge >= 0.3 is 0 Å². The van der Waals surface area contributed by atoms with Crippen LogP contribution < -0.4 is 5.48 Å². The van der Waals surface area contributed by atoms with E-state index in [2.05, 4.69) is 29.9 Å². The van der Waals surface area contributed by atoms with Crippen molar-refractivity contribution < 1.29 is 10.0 Å². The molecule has 0 saturated heterocycles. The number of rotatable bonds is 2. The minimum atomic E-state index is -0.542. The van der Waals surface area contributed by atoms with Gasteiger partial charge < -0.3 is 4.98 Å². The predicted octanol–water partition coefficient (Wildman–Crippen LogP) is 2.97. The van der Waals surface area contributed by atoms with E-state index in [0.717, 1.165) is 22.4 Å². The number of benzene rings is 2. The van der Waals surface area contributed by atoms with Crippen LogP contribution in [0.4, 0.5) is 0 Å². The van der Waals surface area contributed by atoms with Crippen LogP contribution in [0.25, 0.3) is 22.4 Å². The number of fused-ring (bicyclic) bond motifs is 1. The summed E-state index contributed by atoms with van der Waals surface area (Å²) >= 11 is 0. The normalized spacial score (nSPS) is 10.8. The van der Waals surface area contributed by atoms with Crippen molar-refractivity contribution in [3.8, 4) is 11.4 Å². The van der Waals surface area contributed by atoms with Crippen LogP contribution in [-0.2, 0) is 0 Å². The van der Waals surface area contributed by atoms with Crippen LogP contribution in [0.1, 0.15) is 21.5 Å². The van der Waals surface area contributed by atoms with Crippen molar-refractivity contribution in [1.29, 1.82) is 0 Å². The zero-order valence-corrected chi connectivity index (χ0v) is 11.8. The summed E-state index contributed by atoms with van der Waals surface area (Å²) in [5, 5.41) is 8.69. The lowest BCUT2D eigenvalue weighted by Gasteiger charge is -2.05. The van der Waals surface area contributed by atoms with Crippen molar-refractivity contribution in [2.75, 3.05) is 0 Å². The van der Waals surface area contributed by atoms with E-state index in [-0.39, 0.29) is 0 Å². The maximum Gasteiger partial charge on any atom is 0.274 e. The van der Waals surface area contributed by atoms with Crippen molar-refractivity contribution in [2.45, 2.75) is 13.8 Å². The fraction of sp³-hybridized carbons (Fsp3) is 0.125. The summed E-state index contributed by atoms with van der Waals surface area (Å²) in [6.45, 7) is 4.12. The molecule has 0 saturated carbocycles. The summed E-state index contributed by atoms with van der Waals surface area (Å²) in [4.78, 5) is 19.2. The van der Waals surface area contributed by atoms with Crippen LogP contribution in [0.3, 0.4) is 0 Å². The van der Waals surface area contributed by atoms with Gasteiger partial charge in [0.1, 0.15) is 5.82 Å². The summed E-state index contributed by atoms with van der Waals surface area (Å²) in [7, 11) is 0. The number of carbonyl (C=O) groups excluding carboxylic acids is 1. The quantitative estimate of drug-likeness (QED) is 0.499. The van der Waals surface area contributed by atoms with E-state index in [4.69, 9.17) is 5.21 Å². The molecule has 1 amide bonds. The first-order valence-corrected chi connectivity index (χ1v) is 6.61. The van der Waals surface area contributed by atoms with E-state index < -0.39 is 5.91 Å². The molecule has 1 aromatic heterocycles. The lowest BCUT2D eigenvalue weighted by molar-refractivity contribution is 0.0706. The molecule has 106 valence electrons. The van der Waals surface area contributed by atoms with E-state index in [1.165, 1.54) is 11.1 Å². The Morgan fingerprint density at radius 3 is 2.81 bits per heavy atom. The van der Waals surface area contributed by atoms with E-state index in [9.17, 15) is 4.79 Å². The SMILES string of the molecule is Cc1cccc(-c2nc3ccc(C(=O)NO)cc3[nH]2)c1C. The maximum atomic E-state index is 11.4. The van der Waals surface area contributed by atoms with Gasteiger partial charge in [0.2, 0.25) is 0 Å². The van der Waals surface area contributed by atoms with Gasteiger partial charge in [-0.25, -0.2) is 10.5 Å². The van der Waals surface area contributed by atoms with E-state index in [1.807, 2.05) is 12.1 Å². The molecule has 5 nitrogen and oxygen atoms in total. The van der Waals surface area contributed by atoms with Gasteiger partial charge in [0, 0.05) is 11.1 Å². The Balaban J connectivity index is 2.13. The lowest BCUT2D eigenvalue weighted by atomic mass is 10.0. The number of aromatic amines is 1. The Morgan fingerprint density at radius 1 is 1.24 bits per heavy atom. The third-order valence-electron chi connectivity index (χ3n) is 3.71. The molecule has 0 aliphatic heterocycles. The predicted molar refractivity (Wildman–Crippen MR) is 80.3 cm³/mol. The van der Waals surface area contributed by atoms with Crippen molar-refractivity contribution in [2.24, 2.45) is 0 Å². The van der Waals surface area contributed by atoms with Crippen LogP contribution in [0.15, 0.2) is 36.4 Å². The molecule has 0 spiro atoms. The highest BCUT2D eigenvalue weighted by atomic mass is 16.5. The highest BCUT2D eigenvalue weighted by Gasteiger charge is 2.11. The first kappa shape index (κ1) is 13.3. The molecule has 0 bridgehead atoms. The van der Waals surface area contributed by atoms with Crippen molar-refractivity contribution in [1.82, 2.24) is 15.4 Å². The molecule has 2 aromatic carbocycles. The van der Waals surface area contributed by atoms with Gasteiger partial charge in [-0.05, 0) is 43.2 Å². The van der Waals surface area contributed by atoms with Gasteiger partial charge in [0.05, 0.1) is 11.0 Å². The summed E-state index contributed by atoms with van der Waals surface area (Å²) < 4.78 is 0. The molecule has 3 N–H and O–H groups in total. The van der Waals surface area contributed by atoms with Gasteiger partial charge in [0.15, 0.2) is 0 Å². The number of hydrogen-bond acceptors (Lipinski definition) is 3. The number of nitrogens with zero attached hydrogens (tertiary/aromatic N) is 1. The van der Waals surface area contributed by atoms with E-state index in [0.29, 0.717) is 5.56 Å². The number of carbonyl (C=O) groups is 1. The van der Waals surface area contributed by atoms with Crippen LogP contribution in [0.2, 0.25) is 0 Å². The van der Waals surface area contributed by atoms with Gasteiger partial charge in [-0.1, -0.05) is 18.2 Å². The van der Waals surface area contributed by atoms with E-state index in [1.54, 1.807) is 23.7 Å². The zero-order chi connectivity index (χ0) is 15.0. The highest BCUT2D eigenvalue weighted by Crippen LogP contribution is 2.25. The lowest BCUT2D eigenvalue weighted by Crippen LogP contribution is -2.18. The van der Waals surface area contributed by atoms with Gasteiger partial charge in [-0.3, -0.25) is 10.0 Å². The maximum absolute atomic E-state index is 11.4. The Labute approximate surface area is 121 Å². The highest BCUT2D eigenvalue weighted by molar-refractivity contribution is 5.97. The number of hydrogen-bond donors (Lipinski definition) is 3. The van der Waals surface area contributed by atoms with Crippen LogP contribution in [0, 0.1) is 13.8 Å². The number of aryl methyl sites for hydroxylation is 1. The molecule has 0 atom stereocenters. The standard InChI is InChI=1S/C16H15N3O2/c1-9-4-3-5-12(10(9)2)15-17-13-7-6-11(16(20)19-21)8-14(13)18-15/h3-8,21H,1-2H3,(H,17,18)(H,19,20). The smallest absolute Gasteiger partial charge is 0.274 e. The second-order valence-electron chi connectivity index (χ2n) is 5.01. The number of hydroxylamine groups is 1. The summed E-state index contributed by atoms with van der Waals surface area (Å²) in [6, 6.07) is 11.1. The van der Waals surface area contributed by atoms with Crippen LogP contribution in [0.5, 0.6) is 0 Å². The Kier molecular flexibility index (Phi) is 3.19. The second-order valence-corrected chi connectivity index (χ2v) is 5.01. The van der Waals surface area contributed by atoms with Crippen molar-refractivity contribution in [3.63, 3.8) is 0 Å². The average Bonchev–Trinajstić information content (AvgIpc) is 2.91. The molecule has 0 fully saturated rings. The summed E-state index contributed by atoms with van der Waals surface area (Å²) in [5.74, 6) is 0.229. The van der Waals surface area contributed by atoms with Gasteiger partial charge in [-0.15, -0.1) is 0 Å². The topological polar surface area (TPSA) is 78.0 Å². The molecule has 0 aliphatic rings. The Hall–Kier alpha value is -2.66. The first-order chi connectivity index (χ1) is 10.1. The van der Waals surface area contributed by atoms with Gasteiger partial charge in [0.25, 0.3) is 5.91 Å². The molecule has 21 heavy (non-hydrogen) atoms. The molecule has 0 aliphatic carbocycles. The molecule has 3 rings (SSSR count). The molecule has 5 heteroatoms. The number of aromatic nitrogens is 2. The summed E-state index contributed by atoms with van der Waals surface area (Å²) in [6.07, 6.45) is 0. The fourth-order valence-corrected chi connectivity index (χ4v) is 2.35. The average molecular weight is 281 g/mol. The van der Waals surface area contributed by atoms with E-state index >= 15 is 0 Å².